The molecule has 22 heavy (non-hydrogen) atoms. The molecule has 1 aromatic carbocycles. The first-order valence-corrected chi connectivity index (χ1v) is 7.26. The number of aromatic amines is 1. The number of esters is 1. The number of pyridine rings is 2. The fourth-order valence-electron chi connectivity index (χ4n) is 2.23. The summed E-state index contributed by atoms with van der Waals surface area (Å²) in [5, 5.41) is 0.232. The molecule has 0 atom stereocenters. The van der Waals surface area contributed by atoms with Crippen LogP contribution in [0.4, 0.5) is 0 Å². The van der Waals surface area contributed by atoms with Crippen LogP contribution in [0.15, 0.2) is 51.9 Å². The Bertz CT molecular complexity index is 917. The van der Waals surface area contributed by atoms with E-state index in [1.165, 1.54) is 13.3 Å². The van der Waals surface area contributed by atoms with Gasteiger partial charge >= 0.3 is 5.97 Å². The summed E-state index contributed by atoms with van der Waals surface area (Å²) in [7, 11) is 1.28. The van der Waals surface area contributed by atoms with Crippen LogP contribution in [0.3, 0.4) is 0 Å². The van der Waals surface area contributed by atoms with Crippen LogP contribution in [0, 0.1) is 0 Å². The van der Waals surface area contributed by atoms with Gasteiger partial charge in [0.2, 0.25) is 0 Å². The standard InChI is InChI=1S/C16H11BrN2O3/c1-22-16(21)11-8-13(9-2-4-10(17)5-3-9)19-12-6-7-18-15(20)14(11)12/h2-8H,1H3,(H,18,20). The van der Waals surface area contributed by atoms with Gasteiger partial charge < -0.3 is 9.72 Å². The van der Waals surface area contributed by atoms with E-state index < -0.39 is 5.97 Å². The highest BCUT2D eigenvalue weighted by Crippen LogP contribution is 2.24. The second-order valence-corrected chi connectivity index (χ2v) is 5.54. The molecule has 0 saturated heterocycles. The molecule has 5 nitrogen and oxygen atoms in total. The number of fused-ring (bicyclic) bond motifs is 1. The molecule has 0 unspecified atom stereocenters. The number of benzene rings is 1. The average Bonchev–Trinajstić information content (AvgIpc) is 2.54. The molecule has 0 aliphatic rings. The van der Waals surface area contributed by atoms with Gasteiger partial charge in [-0.2, -0.15) is 0 Å². The molecule has 0 spiro atoms. The van der Waals surface area contributed by atoms with Gasteiger partial charge in [-0.25, -0.2) is 9.78 Å². The molecule has 3 rings (SSSR count). The Morgan fingerprint density at radius 3 is 2.64 bits per heavy atom. The molecule has 3 aromatic rings. The van der Waals surface area contributed by atoms with Crippen molar-refractivity contribution in [1.82, 2.24) is 9.97 Å². The molecule has 0 fully saturated rings. The zero-order valence-electron chi connectivity index (χ0n) is 11.6. The Balaban J connectivity index is 2.32. The first-order valence-electron chi connectivity index (χ1n) is 6.47. The Hall–Kier alpha value is -2.47. The van der Waals surface area contributed by atoms with Gasteiger partial charge in [0.1, 0.15) is 0 Å². The molecule has 0 radical (unpaired) electrons. The minimum Gasteiger partial charge on any atom is -0.465 e. The molecule has 2 heterocycles. The SMILES string of the molecule is COC(=O)c1cc(-c2ccc(Br)cc2)nc2cc[nH]c(=O)c12. The van der Waals surface area contributed by atoms with Gasteiger partial charge in [-0.15, -0.1) is 0 Å². The van der Waals surface area contributed by atoms with Crippen molar-refractivity contribution in [2.24, 2.45) is 0 Å². The van der Waals surface area contributed by atoms with Gasteiger partial charge in [-0.1, -0.05) is 28.1 Å². The Morgan fingerprint density at radius 1 is 1.23 bits per heavy atom. The van der Waals surface area contributed by atoms with Gasteiger partial charge in [0.15, 0.2) is 0 Å². The van der Waals surface area contributed by atoms with E-state index in [1.54, 1.807) is 12.1 Å². The molecular formula is C16H11BrN2O3. The van der Waals surface area contributed by atoms with Crippen LogP contribution in [0.1, 0.15) is 10.4 Å². The maximum Gasteiger partial charge on any atom is 0.338 e. The number of carbonyl (C=O) groups is 1. The van der Waals surface area contributed by atoms with Crippen molar-refractivity contribution >= 4 is 32.8 Å². The minimum absolute atomic E-state index is 0.201. The van der Waals surface area contributed by atoms with Crippen LogP contribution in [-0.4, -0.2) is 23.0 Å². The van der Waals surface area contributed by atoms with Crippen LogP contribution in [-0.2, 0) is 4.74 Å². The first-order chi connectivity index (χ1) is 10.6. The summed E-state index contributed by atoms with van der Waals surface area (Å²) in [6, 6.07) is 10.8. The third-order valence-corrected chi connectivity index (χ3v) is 3.80. The maximum absolute atomic E-state index is 12.0. The molecular weight excluding hydrogens is 348 g/mol. The zero-order valence-corrected chi connectivity index (χ0v) is 13.2. The van der Waals surface area contributed by atoms with Crippen molar-refractivity contribution in [3.63, 3.8) is 0 Å². The Labute approximate surface area is 134 Å². The lowest BCUT2D eigenvalue weighted by atomic mass is 10.1. The van der Waals surface area contributed by atoms with E-state index in [0.29, 0.717) is 11.2 Å². The van der Waals surface area contributed by atoms with Crippen molar-refractivity contribution < 1.29 is 9.53 Å². The highest BCUT2D eigenvalue weighted by molar-refractivity contribution is 9.10. The van der Waals surface area contributed by atoms with Gasteiger partial charge in [0.25, 0.3) is 5.56 Å². The van der Waals surface area contributed by atoms with Crippen molar-refractivity contribution in [2.45, 2.75) is 0 Å². The third-order valence-electron chi connectivity index (χ3n) is 3.28. The van der Waals surface area contributed by atoms with E-state index >= 15 is 0 Å². The van der Waals surface area contributed by atoms with Crippen LogP contribution in [0.5, 0.6) is 0 Å². The van der Waals surface area contributed by atoms with E-state index in [4.69, 9.17) is 4.74 Å². The lowest BCUT2D eigenvalue weighted by Crippen LogP contribution is -2.13. The zero-order chi connectivity index (χ0) is 15.7. The Kier molecular flexibility index (Phi) is 3.77. The van der Waals surface area contributed by atoms with Crippen molar-refractivity contribution in [3.05, 3.63) is 63.0 Å². The fourth-order valence-corrected chi connectivity index (χ4v) is 2.50. The summed E-state index contributed by atoms with van der Waals surface area (Å²) in [4.78, 5) is 31.0. The molecule has 2 aromatic heterocycles. The van der Waals surface area contributed by atoms with Crippen LogP contribution >= 0.6 is 15.9 Å². The van der Waals surface area contributed by atoms with Gasteiger partial charge in [0, 0.05) is 16.2 Å². The summed E-state index contributed by atoms with van der Waals surface area (Å²) in [6.07, 6.45) is 1.50. The molecule has 110 valence electrons. The summed E-state index contributed by atoms with van der Waals surface area (Å²) in [6.45, 7) is 0. The smallest absolute Gasteiger partial charge is 0.338 e. The van der Waals surface area contributed by atoms with E-state index in [0.717, 1.165) is 10.0 Å². The van der Waals surface area contributed by atoms with E-state index in [1.807, 2.05) is 24.3 Å². The van der Waals surface area contributed by atoms with Crippen molar-refractivity contribution in [3.8, 4) is 11.3 Å². The molecule has 0 aliphatic carbocycles. The summed E-state index contributed by atoms with van der Waals surface area (Å²) in [5.74, 6) is -0.567. The number of methoxy groups -OCH3 is 1. The number of H-pyrrole nitrogens is 1. The Morgan fingerprint density at radius 2 is 1.95 bits per heavy atom. The van der Waals surface area contributed by atoms with Crippen LogP contribution in [0.2, 0.25) is 0 Å². The third kappa shape index (κ3) is 2.53. The summed E-state index contributed by atoms with van der Waals surface area (Å²) < 4.78 is 5.73. The van der Waals surface area contributed by atoms with Gasteiger partial charge in [-0.05, 0) is 24.3 Å². The number of halogens is 1. The highest BCUT2D eigenvalue weighted by Gasteiger charge is 2.16. The molecule has 0 amide bonds. The quantitative estimate of drug-likeness (QED) is 0.714. The average molecular weight is 359 g/mol. The minimum atomic E-state index is -0.567. The lowest BCUT2D eigenvalue weighted by Gasteiger charge is -2.08. The monoisotopic (exact) mass is 358 g/mol. The second kappa shape index (κ2) is 5.73. The largest absolute Gasteiger partial charge is 0.465 e. The predicted molar refractivity (Wildman–Crippen MR) is 86.8 cm³/mol. The van der Waals surface area contributed by atoms with Gasteiger partial charge in [-0.3, -0.25) is 4.79 Å². The lowest BCUT2D eigenvalue weighted by molar-refractivity contribution is 0.0603. The molecule has 6 heteroatoms. The topological polar surface area (TPSA) is 72.0 Å². The number of rotatable bonds is 2. The first kappa shape index (κ1) is 14.5. The summed E-state index contributed by atoms with van der Waals surface area (Å²) >= 11 is 3.38. The number of nitrogens with one attached hydrogen (secondary N) is 1. The number of carbonyl (C=O) groups excluding carboxylic acids is 1. The number of aromatic nitrogens is 2. The van der Waals surface area contributed by atoms with Crippen LogP contribution in [0.25, 0.3) is 22.2 Å². The predicted octanol–water partition coefficient (Wildman–Crippen LogP) is 3.14. The van der Waals surface area contributed by atoms with Gasteiger partial charge in [0.05, 0.1) is 29.3 Å². The second-order valence-electron chi connectivity index (χ2n) is 4.62. The molecule has 1 N–H and O–H groups in total. The molecule has 0 saturated carbocycles. The van der Waals surface area contributed by atoms with Crippen molar-refractivity contribution in [2.75, 3.05) is 7.11 Å². The normalized spacial score (nSPS) is 10.6. The molecule has 0 aliphatic heterocycles. The van der Waals surface area contributed by atoms with Crippen molar-refractivity contribution in [1.29, 1.82) is 0 Å². The molecule has 0 bridgehead atoms. The van der Waals surface area contributed by atoms with E-state index in [2.05, 4.69) is 25.9 Å². The number of hydrogen-bond acceptors (Lipinski definition) is 4. The fraction of sp³-hybridized carbons (Fsp3) is 0.0625. The summed E-state index contributed by atoms with van der Waals surface area (Å²) in [5.41, 5.74) is 1.73. The van der Waals surface area contributed by atoms with E-state index in [-0.39, 0.29) is 16.5 Å². The maximum atomic E-state index is 12.0. The highest BCUT2D eigenvalue weighted by atomic mass is 79.9. The number of hydrogen-bond donors (Lipinski definition) is 1. The van der Waals surface area contributed by atoms with Crippen LogP contribution < -0.4 is 5.56 Å². The van der Waals surface area contributed by atoms with E-state index in [9.17, 15) is 9.59 Å². The number of nitrogens with zero attached hydrogens (tertiary/aromatic N) is 1. The number of ether oxygens (including phenoxy) is 1.